The summed E-state index contributed by atoms with van der Waals surface area (Å²) in [6.07, 6.45) is 2.93. The second-order valence-corrected chi connectivity index (χ2v) is 6.35. The molecule has 1 saturated heterocycles. The van der Waals surface area contributed by atoms with E-state index in [2.05, 4.69) is 9.88 Å². The van der Waals surface area contributed by atoms with E-state index >= 15 is 0 Å². The van der Waals surface area contributed by atoms with Crippen molar-refractivity contribution in [2.75, 3.05) is 19.6 Å². The Morgan fingerprint density at radius 1 is 1.43 bits per heavy atom. The summed E-state index contributed by atoms with van der Waals surface area (Å²) < 4.78 is 0. The molecule has 0 aromatic carbocycles. The van der Waals surface area contributed by atoms with Gasteiger partial charge >= 0.3 is 11.9 Å². The van der Waals surface area contributed by atoms with E-state index in [-0.39, 0.29) is 5.92 Å². The van der Waals surface area contributed by atoms with Gasteiger partial charge in [0.05, 0.1) is 16.6 Å². The molecule has 0 bridgehead atoms. The second kappa shape index (κ2) is 7.00. The zero-order chi connectivity index (χ0) is 15.4. The predicted octanol–water partition coefficient (Wildman–Crippen LogP) is 1.74. The lowest BCUT2D eigenvalue weighted by atomic mass is 9.98. The molecule has 1 unspecified atom stereocenters. The molecule has 1 aromatic heterocycles. The topological polar surface area (TPSA) is 90.7 Å². The van der Waals surface area contributed by atoms with Gasteiger partial charge in [0.1, 0.15) is 4.88 Å². The summed E-state index contributed by atoms with van der Waals surface area (Å²) in [6.45, 7) is 4.11. The Kier molecular flexibility index (Phi) is 5.30. The Bertz CT molecular complexity index is 529. The normalized spacial score (nSPS) is 19.6. The molecule has 7 heteroatoms. The Labute approximate surface area is 127 Å². The van der Waals surface area contributed by atoms with Crippen LogP contribution in [0, 0.1) is 5.92 Å². The monoisotopic (exact) mass is 312 g/mol. The number of carboxylic acids is 2. The molecule has 21 heavy (non-hydrogen) atoms. The van der Waals surface area contributed by atoms with Crippen LogP contribution in [0.15, 0.2) is 0 Å². The third-order valence-electron chi connectivity index (χ3n) is 3.77. The molecule has 1 aliphatic heterocycles. The number of aromatic nitrogens is 1. The highest BCUT2D eigenvalue weighted by atomic mass is 32.1. The maximum Gasteiger partial charge on any atom is 0.347 e. The van der Waals surface area contributed by atoms with Crippen LogP contribution in [0.25, 0.3) is 0 Å². The van der Waals surface area contributed by atoms with E-state index in [1.165, 1.54) is 11.3 Å². The number of likely N-dealkylation sites (tertiary alicyclic amines) is 1. The largest absolute Gasteiger partial charge is 0.481 e. The van der Waals surface area contributed by atoms with E-state index in [1.54, 1.807) is 0 Å². The van der Waals surface area contributed by atoms with Crippen LogP contribution in [0.2, 0.25) is 0 Å². The van der Waals surface area contributed by atoms with Crippen LogP contribution in [0.1, 0.15) is 40.1 Å². The average Bonchev–Trinajstić information content (AvgIpc) is 2.89. The second-order valence-electron chi connectivity index (χ2n) is 5.27. The summed E-state index contributed by atoms with van der Waals surface area (Å²) in [4.78, 5) is 29.0. The summed E-state index contributed by atoms with van der Waals surface area (Å²) in [5.41, 5.74) is 0.643. The first-order valence-corrected chi connectivity index (χ1v) is 8.00. The van der Waals surface area contributed by atoms with Gasteiger partial charge in [-0.15, -0.1) is 11.3 Å². The van der Waals surface area contributed by atoms with Crippen molar-refractivity contribution in [1.82, 2.24) is 9.88 Å². The number of aliphatic carboxylic acids is 1. The van der Waals surface area contributed by atoms with Crippen molar-refractivity contribution in [2.45, 2.75) is 32.6 Å². The zero-order valence-corrected chi connectivity index (χ0v) is 12.9. The molecule has 1 aromatic rings. The number of aromatic carboxylic acids is 1. The molecule has 0 amide bonds. The summed E-state index contributed by atoms with van der Waals surface area (Å²) in [7, 11) is 0. The van der Waals surface area contributed by atoms with Gasteiger partial charge in [-0.1, -0.05) is 6.92 Å². The van der Waals surface area contributed by atoms with Crippen LogP contribution in [0.3, 0.4) is 0 Å². The lowest BCUT2D eigenvalue weighted by Gasteiger charge is -2.30. The van der Waals surface area contributed by atoms with Crippen molar-refractivity contribution in [1.29, 1.82) is 0 Å². The number of thiazole rings is 1. The smallest absolute Gasteiger partial charge is 0.347 e. The molecule has 1 fully saturated rings. The van der Waals surface area contributed by atoms with Gasteiger partial charge < -0.3 is 15.1 Å². The van der Waals surface area contributed by atoms with Crippen molar-refractivity contribution < 1.29 is 19.8 Å². The van der Waals surface area contributed by atoms with Crippen LogP contribution < -0.4 is 0 Å². The highest BCUT2D eigenvalue weighted by Crippen LogP contribution is 2.21. The predicted molar refractivity (Wildman–Crippen MR) is 79.0 cm³/mol. The molecule has 0 saturated carbocycles. The molecule has 0 aliphatic carbocycles. The fourth-order valence-electron chi connectivity index (χ4n) is 2.63. The number of hydrogen-bond acceptors (Lipinski definition) is 5. The van der Waals surface area contributed by atoms with Crippen LogP contribution in [-0.2, 0) is 17.6 Å². The molecule has 1 atom stereocenters. The maximum absolute atomic E-state index is 11.1. The van der Waals surface area contributed by atoms with E-state index in [0.717, 1.165) is 30.9 Å². The van der Waals surface area contributed by atoms with Crippen molar-refractivity contribution in [3.8, 4) is 0 Å². The zero-order valence-electron chi connectivity index (χ0n) is 12.0. The number of carboxylic acid groups (broad SMARTS) is 2. The van der Waals surface area contributed by atoms with E-state index in [9.17, 15) is 9.59 Å². The van der Waals surface area contributed by atoms with E-state index in [1.807, 2.05) is 6.92 Å². The van der Waals surface area contributed by atoms with Crippen molar-refractivity contribution in [3.05, 3.63) is 15.6 Å². The van der Waals surface area contributed by atoms with Crippen LogP contribution in [0.5, 0.6) is 0 Å². The van der Waals surface area contributed by atoms with Crippen molar-refractivity contribution in [2.24, 2.45) is 5.92 Å². The third kappa shape index (κ3) is 4.01. The highest BCUT2D eigenvalue weighted by molar-refractivity contribution is 7.13. The molecule has 0 spiro atoms. The van der Waals surface area contributed by atoms with E-state index in [0.29, 0.717) is 30.0 Å². The standard InChI is InChI=1S/C14H20N2O4S/c1-2-10-12(14(19)20)21-11(15-10)5-7-16-6-3-4-9(8-16)13(17)18/h9H,2-8H2,1H3,(H,17,18)(H,19,20). The first-order valence-electron chi connectivity index (χ1n) is 7.18. The van der Waals surface area contributed by atoms with Crippen LogP contribution >= 0.6 is 11.3 Å². The van der Waals surface area contributed by atoms with Crippen molar-refractivity contribution >= 4 is 23.3 Å². The molecule has 2 rings (SSSR count). The minimum absolute atomic E-state index is 0.282. The maximum atomic E-state index is 11.1. The van der Waals surface area contributed by atoms with Gasteiger partial charge in [0.2, 0.25) is 0 Å². The minimum Gasteiger partial charge on any atom is -0.481 e. The summed E-state index contributed by atoms with van der Waals surface area (Å²) in [6, 6.07) is 0. The molecular formula is C14H20N2O4S. The van der Waals surface area contributed by atoms with E-state index in [4.69, 9.17) is 10.2 Å². The van der Waals surface area contributed by atoms with Crippen LogP contribution in [0.4, 0.5) is 0 Å². The first-order chi connectivity index (χ1) is 10.0. The molecule has 2 heterocycles. The molecular weight excluding hydrogens is 292 g/mol. The van der Waals surface area contributed by atoms with Gasteiger partial charge in [0.15, 0.2) is 0 Å². The first kappa shape index (κ1) is 15.9. The van der Waals surface area contributed by atoms with Crippen LogP contribution in [-0.4, -0.2) is 51.7 Å². The minimum atomic E-state index is -0.917. The lowest BCUT2D eigenvalue weighted by molar-refractivity contribution is -0.143. The Morgan fingerprint density at radius 2 is 2.19 bits per heavy atom. The summed E-state index contributed by atoms with van der Waals surface area (Å²) in [5, 5.41) is 19.0. The molecule has 116 valence electrons. The highest BCUT2D eigenvalue weighted by Gasteiger charge is 2.25. The Hall–Kier alpha value is -1.47. The van der Waals surface area contributed by atoms with E-state index < -0.39 is 11.9 Å². The number of rotatable bonds is 6. The number of nitrogens with zero attached hydrogens (tertiary/aromatic N) is 2. The van der Waals surface area contributed by atoms with Gasteiger partial charge in [-0.2, -0.15) is 0 Å². The molecule has 0 radical (unpaired) electrons. The summed E-state index contributed by atoms with van der Waals surface area (Å²) >= 11 is 1.23. The van der Waals surface area contributed by atoms with Gasteiger partial charge in [-0.05, 0) is 25.8 Å². The SMILES string of the molecule is CCc1nc(CCN2CCCC(C(=O)O)C2)sc1C(=O)O. The fourth-order valence-corrected chi connectivity index (χ4v) is 3.61. The van der Waals surface area contributed by atoms with Gasteiger partial charge in [-0.3, -0.25) is 4.79 Å². The third-order valence-corrected chi connectivity index (χ3v) is 4.91. The van der Waals surface area contributed by atoms with Gasteiger partial charge in [0.25, 0.3) is 0 Å². The molecule has 6 nitrogen and oxygen atoms in total. The molecule has 1 aliphatic rings. The number of carbonyl (C=O) groups is 2. The summed E-state index contributed by atoms with van der Waals surface area (Å²) in [5.74, 6) is -1.93. The van der Waals surface area contributed by atoms with Gasteiger partial charge in [-0.25, -0.2) is 9.78 Å². The Balaban J connectivity index is 1.93. The molecule has 2 N–H and O–H groups in total. The van der Waals surface area contributed by atoms with Crippen molar-refractivity contribution in [3.63, 3.8) is 0 Å². The lowest BCUT2D eigenvalue weighted by Crippen LogP contribution is -2.39. The quantitative estimate of drug-likeness (QED) is 0.831. The average molecular weight is 312 g/mol. The number of piperidine rings is 1. The number of aryl methyl sites for hydroxylation is 1. The number of hydrogen-bond donors (Lipinski definition) is 2. The Morgan fingerprint density at radius 3 is 2.76 bits per heavy atom. The fraction of sp³-hybridized carbons (Fsp3) is 0.643. The van der Waals surface area contributed by atoms with Gasteiger partial charge in [0, 0.05) is 19.5 Å².